The molecule has 0 aliphatic carbocycles. The van der Waals surface area contributed by atoms with Crippen molar-refractivity contribution in [2.75, 3.05) is 25.9 Å². The highest BCUT2D eigenvalue weighted by atomic mass is 32.2. The van der Waals surface area contributed by atoms with Gasteiger partial charge in [0.15, 0.2) is 0 Å². The number of thioether (sulfide) groups is 1. The second-order valence-corrected chi connectivity index (χ2v) is 6.71. The second-order valence-electron chi connectivity index (χ2n) is 5.83. The number of hydrogen-bond acceptors (Lipinski definition) is 3. The van der Waals surface area contributed by atoms with Gasteiger partial charge in [-0.05, 0) is 30.4 Å². The van der Waals surface area contributed by atoms with Crippen LogP contribution in [0.1, 0.15) is 5.56 Å². The van der Waals surface area contributed by atoms with E-state index in [0.29, 0.717) is 6.42 Å². The Morgan fingerprint density at radius 2 is 1.92 bits per heavy atom. The van der Waals surface area contributed by atoms with Gasteiger partial charge in [0.2, 0.25) is 0 Å². The fraction of sp³-hybridized carbons (Fsp3) is 0.500. The summed E-state index contributed by atoms with van der Waals surface area (Å²) in [5.41, 5.74) is 0.996. The van der Waals surface area contributed by atoms with E-state index in [0.717, 1.165) is 15.4 Å². The molecule has 5 nitrogen and oxygen atoms in total. The third kappa shape index (κ3) is 5.04. The standard InChI is InChI=1S/C16H19F3N2O3S/c1-25-11-4-2-10(3-5-11)6-7-20-15(24)21-8-12(14(22)23)13(9-21)16(17,18)19/h2-5,12-13H,6-9H2,1H3,(H,20,24)(H,22,23)/t12-,13-/m1/s1. The molecule has 9 heteroatoms. The van der Waals surface area contributed by atoms with E-state index in [2.05, 4.69) is 5.32 Å². The Hall–Kier alpha value is -1.90. The van der Waals surface area contributed by atoms with E-state index in [9.17, 15) is 22.8 Å². The number of carbonyl (C=O) groups excluding carboxylic acids is 1. The molecule has 25 heavy (non-hydrogen) atoms. The minimum atomic E-state index is -4.64. The Kier molecular flexibility index (Phi) is 6.21. The van der Waals surface area contributed by atoms with Crippen LogP contribution in [0.5, 0.6) is 0 Å². The van der Waals surface area contributed by atoms with Crippen LogP contribution in [0, 0.1) is 11.8 Å². The topological polar surface area (TPSA) is 69.6 Å². The summed E-state index contributed by atoms with van der Waals surface area (Å²) in [6.45, 7) is -0.801. The van der Waals surface area contributed by atoms with Crippen molar-refractivity contribution in [3.8, 4) is 0 Å². The van der Waals surface area contributed by atoms with E-state index in [1.165, 1.54) is 0 Å². The Morgan fingerprint density at radius 3 is 2.40 bits per heavy atom. The maximum atomic E-state index is 12.9. The molecule has 1 saturated heterocycles. The molecule has 1 heterocycles. The molecule has 0 aromatic heterocycles. The number of urea groups is 1. The molecule has 0 saturated carbocycles. The van der Waals surface area contributed by atoms with Gasteiger partial charge in [-0.3, -0.25) is 4.79 Å². The van der Waals surface area contributed by atoms with Gasteiger partial charge in [-0.15, -0.1) is 11.8 Å². The molecule has 2 rings (SSSR count). The van der Waals surface area contributed by atoms with E-state index < -0.39 is 43.1 Å². The molecule has 1 aliphatic heterocycles. The summed E-state index contributed by atoms with van der Waals surface area (Å²) in [5, 5.41) is 11.5. The predicted molar refractivity (Wildman–Crippen MR) is 87.6 cm³/mol. The maximum Gasteiger partial charge on any atom is 0.394 e. The zero-order chi connectivity index (χ0) is 18.6. The van der Waals surface area contributed by atoms with E-state index in [1.807, 2.05) is 30.5 Å². The van der Waals surface area contributed by atoms with Gasteiger partial charge in [0.05, 0.1) is 11.8 Å². The number of carboxylic acids is 1. The largest absolute Gasteiger partial charge is 0.481 e. The highest BCUT2D eigenvalue weighted by Crippen LogP contribution is 2.37. The molecule has 1 aliphatic rings. The highest BCUT2D eigenvalue weighted by molar-refractivity contribution is 7.98. The number of benzene rings is 1. The van der Waals surface area contributed by atoms with Crippen molar-refractivity contribution < 1.29 is 27.9 Å². The van der Waals surface area contributed by atoms with Crippen molar-refractivity contribution in [1.29, 1.82) is 0 Å². The van der Waals surface area contributed by atoms with Crippen LogP contribution in [0.15, 0.2) is 29.2 Å². The van der Waals surface area contributed by atoms with Gasteiger partial charge in [0.25, 0.3) is 0 Å². The smallest absolute Gasteiger partial charge is 0.394 e. The summed E-state index contributed by atoms with van der Waals surface area (Å²) < 4.78 is 38.8. The first-order valence-electron chi connectivity index (χ1n) is 7.67. The molecule has 2 atom stereocenters. The zero-order valence-electron chi connectivity index (χ0n) is 13.5. The Bertz CT molecular complexity index is 622. The molecule has 1 fully saturated rings. The van der Waals surface area contributed by atoms with Gasteiger partial charge in [-0.1, -0.05) is 12.1 Å². The minimum absolute atomic E-state index is 0.266. The molecular weight excluding hydrogens is 357 g/mol. The number of nitrogens with one attached hydrogen (secondary N) is 1. The lowest BCUT2D eigenvalue weighted by molar-refractivity contribution is -0.187. The number of carbonyl (C=O) groups is 2. The summed E-state index contributed by atoms with van der Waals surface area (Å²) in [6, 6.07) is 7.09. The summed E-state index contributed by atoms with van der Waals surface area (Å²) in [6.07, 6.45) is -2.14. The average Bonchev–Trinajstić information content (AvgIpc) is 3.01. The van der Waals surface area contributed by atoms with E-state index in [1.54, 1.807) is 11.8 Å². The molecule has 2 amide bonds. The van der Waals surface area contributed by atoms with Crippen LogP contribution in [-0.2, 0) is 11.2 Å². The quantitative estimate of drug-likeness (QED) is 0.776. The number of alkyl halides is 3. The number of rotatable bonds is 5. The van der Waals surface area contributed by atoms with E-state index in [-0.39, 0.29) is 6.54 Å². The van der Waals surface area contributed by atoms with Crippen LogP contribution < -0.4 is 5.32 Å². The first kappa shape index (κ1) is 19.4. The van der Waals surface area contributed by atoms with Crippen molar-refractivity contribution in [2.24, 2.45) is 11.8 Å². The summed E-state index contributed by atoms with van der Waals surface area (Å²) in [7, 11) is 0. The lowest BCUT2D eigenvalue weighted by Gasteiger charge is -2.18. The molecule has 1 aromatic carbocycles. The third-order valence-electron chi connectivity index (χ3n) is 4.19. The van der Waals surface area contributed by atoms with Gasteiger partial charge in [0, 0.05) is 24.5 Å². The van der Waals surface area contributed by atoms with Crippen LogP contribution in [-0.4, -0.2) is 54.1 Å². The summed E-state index contributed by atoms with van der Waals surface area (Å²) in [5.74, 6) is -5.19. The second kappa shape index (κ2) is 7.99. The monoisotopic (exact) mass is 376 g/mol. The number of amides is 2. The number of likely N-dealkylation sites (tertiary alicyclic amines) is 1. The first-order valence-corrected chi connectivity index (χ1v) is 8.90. The van der Waals surface area contributed by atoms with Gasteiger partial charge < -0.3 is 15.3 Å². The van der Waals surface area contributed by atoms with Crippen LogP contribution >= 0.6 is 11.8 Å². The van der Waals surface area contributed by atoms with Crippen molar-refractivity contribution in [2.45, 2.75) is 17.5 Å². The SMILES string of the molecule is CSc1ccc(CCNC(=O)N2C[C@@H](C(F)(F)F)[C@H](C(=O)O)C2)cc1. The Morgan fingerprint density at radius 1 is 1.28 bits per heavy atom. The predicted octanol–water partition coefficient (Wildman–Crippen LogP) is 2.86. The van der Waals surface area contributed by atoms with Crippen molar-refractivity contribution in [1.82, 2.24) is 10.2 Å². The number of halogens is 3. The van der Waals surface area contributed by atoms with Crippen molar-refractivity contribution >= 4 is 23.8 Å². The van der Waals surface area contributed by atoms with E-state index in [4.69, 9.17) is 5.11 Å². The average molecular weight is 376 g/mol. The maximum absolute atomic E-state index is 12.9. The zero-order valence-corrected chi connectivity index (χ0v) is 14.4. The highest BCUT2D eigenvalue weighted by Gasteiger charge is 2.53. The summed E-state index contributed by atoms with van der Waals surface area (Å²) in [4.78, 5) is 25.1. The number of aliphatic carboxylic acids is 1. The fourth-order valence-electron chi connectivity index (χ4n) is 2.77. The minimum Gasteiger partial charge on any atom is -0.481 e. The van der Waals surface area contributed by atoms with Gasteiger partial charge in [-0.25, -0.2) is 4.79 Å². The Labute approximate surface area is 147 Å². The third-order valence-corrected chi connectivity index (χ3v) is 4.94. The van der Waals surface area contributed by atoms with Gasteiger partial charge in [-0.2, -0.15) is 13.2 Å². The molecule has 0 spiro atoms. The molecule has 0 radical (unpaired) electrons. The first-order chi connectivity index (χ1) is 11.7. The fourth-order valence-corrected chi connectivity index (χ4v) is 3.18. The lowest BCUT2D eigenvalue weighted by atomic mass is 9.96. The van der Waals surface area contributed by atoms with Gasteiger partial charge in [0.1, 0.15) is 0 Å². The van der Waals surface area contributed by atoms with Crippen LogP contribution in [0.2, 0.25) is 0 Å². The normalized spacial score (nSPS) is 20.6. The number of carboxylic acid groups (broad SMARTS) is 1. The van der Waals surface area contributed by atoms with E-state index >= 15 is 0 Å². The van der Waals surface area contributed by atoms with Crippen molar-refractivity contribution in [3.05, 3.63) is 29.8 Å². The molecule has 2 N–H and O–H groups in total. The summed E-state index contributed by atoms with van der Waals surface area (Å²) >= 11 is 1.61. The van der Waals surface area contributed by atoms with Crippen LogP contribution in [0.3, 0.4) is 0 Å². The van der Waals surface area contributed by atoms with Gasteiger partial charge >= 0.3 is 18.2 Å². The lowest BCUT2D eigenvalue weighted by Crippen LogP contribution is -2.40. The molecular formula is C16H19F3N2O3S. The Balaban J connectivity index is 1.87. The van der Waals surface area contributed by atoms with Crippen LogP contribution in [0.4, 0.5) is 18.0 Å². The number of nitrogens with zero attached hydrogens (tertiary/aromatic N) is 1. The van der Waals surface area contributed by atoms with Crippen LogP contribution in [0.25, 0.3) is 0 Å². The number of hydrogen-bond donors (Lipinski definition) is 2. The molecule has 0 unspecified atom stereocenters. The molecule has 138 valence electrons. The molecule has 0 bridgehead atoms. The molecule has 1 aromatic rings. The van der Waals surface area contributed by atoms with Crippen molar-refractivity contribution in [3.63, 3.8) is 0 Å².